The Balaban J connectivity index is 1.98. The van der Waals surface area contributed by atoms with E-state index in [0.29, 0.717) is 22.0 Å². The summed E-state index contributed by atoms with van der Waals surface area (Å²) in [7, 11) is 0. The number of H-pyrrole nitrogens is 1. The van der Waals surface area contributed by atoms with E-state index in [9.17, 15) is 9.18 Å². The molecule has 6 heteroatoms. The second kappa shape index (κ2) is 7.07. The van der Waals surface area contributed by atoms with E-state index >= 15 is 0 Å². The van der Waals surface area contributed by atoms with Crippen LogP contribution in [0.15, 0.2) is 48.5 Å². The first-order valence-electron chi connectivity index (χ1n) is 7.87. The molecular weight excluding hydrogens is 341 g/mol. The van der Waals surface area contributed by atoms with Crippen molar-refractivity contribution in [3.05, 3.63) is 70.6 Å². The van der Waals surface area contributed by atoms with Crippen molar-refractivity contribution in [3.8, 4) is 11.3 Å². The third-order valence-electron chi connectivity index (χ3n) is 3.83. The molecule has 0 fully saturated rings. The number of anilines is 1. The molecule has 0 atom stereocenters. The van der Waals surface area contributed by atoms with Crippen LogP contribution in [0.3, 0.4) is 0 Å². The van der Waals surface area contributed by atoms with Crippen molar-refractivity contribution in [2.75, 3.05) is 5.32 Å². The van der Waals surface area contributed by atoms with Gasteiger partial charge in [0.05, 0.1) is 11.4 Å². The molecule has 4 nitrogen and oxygen atoms in total. The first-order valence-corrected chi connectivity index (χ1v) is 8.24. The van der Waals surface area contributed by atoms with Gasteiger partial charge in [-0.2, -0.15) is 5.10 Å². The van der Waals surface area contributed by atoms with Crippen LogP contribution in [0.25, 0.3) is 11.3 Å². The molecular formula is C19H17ClFN3O. The van der Waals surface area contributed by atoms with Crippen molar-refractivity contribution in [1.82, 2.24) is 10.2 Å². The number of nitrogens with one attached hydrogen (secondary N) is 2. The predicted octanol–water partition coefficient (Wildman–Crippen LogP) is 5.24. The second-order valence-corrected chi connectivity index (χ2v) is 6.42. The van der Waals surface area contributed by atoms with Crippen LogP contribution in [0.5, 0.6) is 0 Å². The minimum absolute atomic E-state index is 0.127. The largest absolute Gasteiger partial charge is 0.319 e. The molecule has 25 heavy (non-hydrogen) atoms. The molecule has 0 aliphatic carbocycles. The van der Waals surface area contributed by atoms with Crippen molar-refractivity contribution in [2.45, 2.75) is 19.8 Å². The molecule has 128 valence electrons. The Morgan fingerprint density at radius 3 is 2.36 bits per heavy atom. The number of amides is 1. The first-order chi connectivity index (χ1) is 12.0. The van der Waals surface area contributed by atoms with Crippen LogP contribution in [0.4, 0.5) is 10.1 Å². The molecule has 0 spiro atoms. The average Bonchev–Trinajstić information content (AvgIpc) is 3.00. The third-order valence-corrected chi connectivity index (χ3v) is 4.09. The van der Waals surface area contributed by atoms with Gasteiger partial charge in [-0.05, 0) is 54.4 Å². The minimum Gasteiger partial charge on any atom is -0.319 e. The Bertz CT molecular complexity index is 886. The number of aromatic nitrogens is 2. The zero-order valence-corrected chi connectivity index (χ0v) is 14.6. The van der Waals surface area contributed by atoms with E-state index in [2.05, 4.69) is 15.5 Å². The maximum absolute atomic E-state index is 13.2. The Morgan fingerprint density at radius 1 is 1.12 bits per heavy atom. The molecule has 3 rings (SSSR count). The Hall–Kier alpha value is -2.66. The van der Waals surface area contributed by atoms with E-state index < -0.39 is 0 Å². The average molecular weight is 358 g/mol. The number of hydrogen-bond donors (Lipinski definition) is 2. The maximum atomic E-state index is 13.2. The van der Waals surface area contributed by atoms with E-state index in [1.165, 1.54) is 12.1 Å². The monoisotopic (exact) mass is 357 g/mol. The quantitative estimate of drug-likeness (QED) is 0.670. The zero-order valence-electron chi connectivity index (χ0n) is 13.8. The second-order valence-electron chi connectivity index (χ2n) is 5.98. The summed E-state index contributed by atoms with van der Waals surface area (Å²) >= 11 is 5.87. The molecule has 0 saturated heterocycles. The van der Waals surface area contributed by atoms with Gasteiger partial charge in [-0.15, -0.1) is 0 Å². The fourth-order valence-electron chi connectivity index (χ4n) is 2.50. The number of halogens is 2. The topological polar surface area (TPSA) is 57.8 Å². The number of nitrogens with zero attached hydrogens (tertiary/aromatic N) is 1. The van der Waals surface area contributed by atoms with Crippen molar-refractivity contribution in [1.29, 1.82) is 0 Å². The lowest BCUT2D eigenvalue weighted by molar-refractivity contribution is 0.102. The molecule has 1 heterocycles. The highest BCUT2D eigenvalue weighted by molar-refractivity contribution is 6.30. The summed E-state index contributed by atoms with van der Waals surface area (Å²) in [5.41, 5.74) is 3.19. The smallest absolute Gasteiger partial charge is 0.255 e. The van der Waals surface area contributed by atoms with Gasteiger partial charge in [0.25, 0.3) is 5.91 Å². The van der Waals surface area contributed by atoms with Crippen LogP contribution in [-0.2, 0) is 0 Å². The summed E-state index contributed by atoms with van der Waals surface area (Å²) in [5, 5.41) is 10.8. The SMILES string of the molecule is CC(C)c1[nH]nc(-c2ccc(F)cc2)c1NC(=O)c1ccc(Cl)cc1. The van der Waals surface area contributed by atoms with Gasteiger partial charge in [-0.1, -0.05) is 25.4 Å². The Labute approximate surface area is 150 Å². The molecule has 0 unspecified atom stereocenters. The van der Waals surface area contributed by atoms with Gasteiger partial charge in [-0.25, -0.2) is 4.39 Å². The van der Waals surface area contributed by atoms with Crippen molar-refractivity contribution < 1.29 is 9.18 Å². The summed E-state index contributed by atoms with van der Waals surface area (Å²) in [5.74, 6) is -0.458. The Morgan fingerprint density at radius 2 is 1.76 bits per heavy atom. The van der Waals surface area contributed by atoms with Crippen LogP contribution in [0.2, 0.25) is 5.02 Å². The zero-order chi connectivity index (χ0) is 18.0. The highest BCUT2D eigenvalue weighted by atomic mass is 35.5. The third kappa shape index (κ3) is 3.72. The van der Waals surface area contributed by atoms with Crippen molar-refractivity contribution in [3.63, 3.8) is 0 Å². The van der Waals surface area contributed by atoms with Crippen LogP contribution >= 0.6 is 11.6 Å². The summed E-state index contributed by atoms with van der Waals surface area (Å²) < 4.78 is 13.2. The van der Waals surface area contributed by atoms with E-state index in [1.54, 1.807) is 36.4 Å². The summed E-state index contributed by atoms with van der Waals surface area (Å²) in [4.78, 5) is 12.6. The van der Waals surface area contributed by atoms with Gasteiger partial charge in [-0.3, -0.25) is 9.89 Å². The lowest BCUT2D eigenvalue weighted by atomic mass is 10.0. The molecule has 2 N–H and O–H groups in total. The molecule has 0 saturated carbocycles. The van der Waals surface area contributed by atoms with E-state index in [4.69, 9.17) is 11.6 Å². The molecule has 0 aliphatic rings. The first kappa shape index (κ1) is 17.2. The number of carbonyl (C=O) groups is 1. The number of hydrogen-bond acceptors (Lipinski definition) is 2. The minimum atomic E-state index is -0.324. The summed E-state index contributed by atoms with van der Waals surface area (Å²) in [6.45, 7) is 4.00. The highest BCUT2D eigenvalue weighted by Gasteiger charge is 2.20. The van der Waals surface area contributed by atoms with Gasteiger partial charge in [0, 0.05) is 16.1 Å². The highest BCUT2D eigenvalue weighted by Crippen LogP contribution is 2.33. The molecule has 1 amide bonds. The van der Waals surface area contributed by atoms with Crippen LogP contribution in [-0.4, -0.2) is 16.1 Å². The lowest BCUT2D eigenvalue weighted by Crippen LogP contribution is -2.13. The Kier molecular flexibility index (Phi) is 4.86. The standard InChI is InChI=1S/C19H17ClFN3O/c1-11(2)16-18(22-19(25)13-3-7-14(20)8-4-13)17(24-23-16)12-5-9-15(21)10-6-12/h3-11H,1-2H3,(H,22,25)(H,23,24). The van der Waals surface area contributed by atoms with Crippen LogP contribution < -0.4 is 5.32 Å². The van der Waals surface area contributed by atoms with E-state index in [1.807, 2.05) is 13.8 Å². The number of aromatic amines is 1. The van der Waals surface area contributed by atoms with Crippen molar-refractivity contribution >= 4 is 23.2 Å². The molecule has 3 aromatic rings. The molecule has 1 aromatic heterocycles. The fourth-order valence-corrected chi connectivity index (χ4v) is 2.63. The number of benzene rings is 2. The van der Waals surface area contributed by atoms with Crippen LogP contribution in [0.1, 0.15) is 35.8 Å². The normalized spacial score (nSPS) is 10.9. The van der Waals surface area contributed by atoms with Gasteiger partial charge >= 0.3 is 0 Å². The molecule has 0 radical (unpaired) electrons. The number of carbonyl (C=O) groups excluding carboxylic acids is 1. The van der Waals surface area contributed by atoms with Gasteiger partial charge in [0.15, 0.2) is 0 Å². The van der Waals surface area contributed by atoms with Gasteiger partial charge in [0.2, 0.25) is 0 Å². The van der Waals surface area contributed by atoms with Crippen LogP contribution in [0, 0.1) is 5.82 Å². The van der Waals surface area contributed by atoms with Crippen molar-refractivity contribution in [2.24, 2.45) is 0 Å². The summed E-state index contributed by atoms with van der Waals surface area (Å²) in [6, 6.07) is 12.6. The number of rotatable bonds is 4. The fraction of sp³-hybridized carbons (Fsp3) is 0.158. The van der Waals surface area contributed by atoms with Gasteiger partial charge in [0.1, 0.15) is 11.5 Å². The maximum Gasteiger partial charge on any atom is 0.255 e. The molecule has 0 aliphatic heterocycles. The predicted molar refractivity (Wildman–Crippen MR) is 97.5 cm³/mol. The molecule has 0 bridgehead atoms. The van der Waals surface area contributed by atoms with Gasteiger partial charge < -0.3 is 5.32 Å². The van der Waals surface area contributed by atoms with E-state index in [-0.39, 0.29) is 17.6 Å². The lowest BCUT2D eigenvalue weighted by Gasteiger charge is -2.11. The summed E-state index contributed by atoms with van der Waals surface area (Å²) in [6.07, 6.45) is 0. The molecule has 2 aromatic carbocycles. The van der Waals surface area contributed by atoms with E-state index in [0.717, 1.165) is 11.3 Å².